The summed E-state index contributed by atoms with van der Waals surface area (Å²) in [7, 11) is 0. The van der Waals surface area contributed by atoms with Gasteiger partial charge in [-0.05, 0) is 55.0 Å². The van der Waals surface area contributed by atoms with Crippen molar-refractivity contribution in [1.82, 2.24) is 4.90 Å². The van der Waals surface area contributed by atoms with Crippen molar-refractivity contribution >= 4 is 35.6 Å². The minimum atomic E-state index is 0. The average Bonchev–Trinajstić information content (AvgIpc) is 3.14. The number of benzene rings is 2. The first-order valence-electron chi connectivity index (χ1n) is 9.65. The van der Waals surface area contributed by atoms with Crippen LogP contribution in [0.2, 0.25) is 0 Å². The smallest absolute Gasteiger partial charge is 0.193 e. The molecule has 1 unspecified atom stereocenters. The number of hydrogen-bond donors (Lipinski definition) is 2. The highest BCUT2D eigenvalue weighted by atomic mass is 127. The molecule has 1 atom stereocenters. The van der Waals surface area contributed by atoms with E-state index in [1.54, 1.807) is 0 Å². The summed E-state index contributed by atoms with van der Waals surface area (Å²) >= 11 is 0. The first-order chi connectivity index (χ1) is 12.7. The number of guanidine groups is 1. The van der Waals surface area contributed by atoms with E-state index in [0.29, 0.717) is 11.9 Å². The maximum atomic E-state index is 6.07. The predicted molar refractivity (Wildman–Crippen MR) is 126 cm³/mol. The third-order valence-electron chi connectivity index (χ3n) is 5.06. The van der Waals surface area contributed by atoms with Crippen molar-refractivity contribution in [2.24, 2.45) is 16.6 Å². The standard InChI is InChI=1S/C22H30N4.HI/c1-2-18-9-6-10-21(15-18)25-22(23)24-16-20-12-14-26(17-20)13-11-19-7-4-3-5-8-19;/h3-10,15,20H,2,11-14,16-17H2,1H3,(H3,23,24,25);1H. The number of nitrogens with two attached hydrogens (primary N) is 1. The fourth-order valence-corrected chi connectivity index (χ4v) is 3.48. The zero-order valence-electron chi connectivity index (χ0n) is 16.1. The molecule has 0 bridgehead atoms. The second kappa shape index (κ2) is 11.3. The lowest BCUT2D eigenvalue weighted by Gasteiger charge is -2.15. The number of aryl methyl sites for hydroxylation is 1. The van der Waals surface area contributed by atoms with Crippen molar-refractivity contribution < 1.29 is 0 Å². The third kappa shape index (κ3) is 7.14. The fraction of sp³-hybridized carbons (Fsp3) is 0.409. The number of hydrogen-bond acceptors (Lipinski definition) is 2. The van der Waals surface area contributed by atoms with Crippen LogP contribution in [-0.4, -0.2) is 37.0 Å². The fourth-order valence-electron chi connectivity index (χ4n) is 3.48. The van der Waals surface area contributed by atoms with Gasteiger partial charge >= 0.3 is 0 Å². The summed E-state index contributed by atoms with van der Waals surface area (Å²) in [6.45, 7) is 6.37. The van der Waals surface area contributed by atoms with E-state index in [2.05, 4.69) is 70.7 Å². The minimum Gasteiger partial charge on any atom is -0.370 e. The van der Waals surface area contributed by atoms with E-state index in [0.717, 1.165) is 38.2 Å². The second-order valence-electron chi connectivity index (χ2n) is 7.10. The molecule has 1 aliphatic rings. The van der Waals surface area contributed by atoms with Crippen molar-refractivity contribution in [3.8, 4) is 0 Å². The maximum absolute atomic E-state index is 6.07. The van der Waals surface area contributed by atoms with Crippen LogP contribution >= 0.6 is 24.0 Å². The first-order valence-corrected chi connectivity index (χ1v) is 9.65. The Hall–Kier alpha value is -1.60. The number of aliphatic imine (C=N–C) groups is 1. The van der Waals surface area contributed by atoms with Crippen molar-refractivity contribution in [2.45, 2.75) is 26.2 Å². The van der Waals surface area contributed by atoms with Gasteiger partial charge in [0.1, 0.15) is 0 Å². The van der Waals surface area contributed by atoms with Gasteiger partial charge in [0, 0.05) is 25.3 Å². The van der Waals surface area contributed by atoms with Gasteiger partial charge in [0.2, 0.25) is 0 Å². The molecule has 3 N–H and O–H groups in total. The van der Waals surface area contributed by atoms with Gasteiger partial charge in [-0.3, -0.25) is 4.99 Å². The Labute approximate surface area is 180 Å². The van der Waals surface area contributed by atoms with Crippen LogP contribution < -0.4 is 11.1 Å². The van der Waals surface area contributed by atoms with Crippen LogP contribution in [0.4, 0.5) is 5.69 Å². The van der Waals surface area contributed by atoms with Crippen LogP contribution in [0, 0.1) is 5.92 Å². The Bertz CT molecular complexity index is 717. The average molecular weight is 478 g/mol. The summed E-state index contributed by atoms with van der Waals surface area (Å²) in [6, 6.07) is 19.0. The summed E-state index contributed by atoms with van der Waals surface area (Å²) in [4.78, 5) is 7.11. The molecule has 27 heavy (non-hydrogen) atoms. The highest BCUT2D eigenvalue weighted by Crippen LogP contribution is 2.17. The van der Waals surface area contributed by atoms with Crippen molar-refractivity contribution in [3.05, 3.63) is 65.7 Å². The van der Waals surface area contributed by atoms with Gasteiger partial charge in [-0.2, -0.15) is 0 Å². The molecule has 1 saturated heterocycles. The maximum Gasteiger partial charge on any atom is 0.193 e. The van der Waals surface area contributed by atoms with Gasteiger partial charge in [-0.15, -0.1) is 24.0 Å². The molecule has 2 aromatic rings. The number of nitrogens with one attached hydrogen (secondary N) is 1. The van der Waals surface area contributed by atoms with Crippen LogP contribution in [0.5, 0.6) is 0 Å². The molecule has 3 rings (SSSR count). The predicted octanol–water partition coefficient (Wildman–Crippen LogP) is 4.16. The molecule has 0 saturated carbocycles. The minimum absolute atomic E-state index is 0. The van der Waals surface area contributed by atoms with Crippen LogP contribution in [0.3, 0.4) is 0 Å². The van der Waals surface area contributed by atoms with Crippen LogP contribution in [0.15, 0.2) is 59.6 Å². The van der Waals surface area contributed by atoms with Crippen molar-refractivity contribution in [1.29, 1.82) is 0 Å². The highest BCUT2D eigenvalue weighted by Gasteiger charge is 2.21. The van der Waals surface area contributed by atoms with Gasteiger partial charge in [-0.25, -0.2) is 0 Å². The van der Waals surface area contributed by atoms with Crippen LogP contribution in [-0.2, 0) is 12.8 Å². The summed E-state index contributed by atoms with van der Waals surface area (Å²) in [5.74, 6) is 1.12. The SMILES string of the molecule is CCc1cccc(NC(N)=NCC2CCN(CCc3ccccc3)C2)c1.I. The summed E-state index contributed by atoms with van der Waals surface area (Å²) < 4.78 is 0. The molecule has 1 aliphatic heterocycles. The number of anilines is 1. The van der Waals surface area contributed by atoms with Crippen LogP contribution in [0.25, 0.3) is 0 Å². The van der Waals surface area contributed by atoms with Gasteiger partial charge in [0.25, 0.3) is 0 Å². The lowest BCUT2D eigenvalue weighted by atomic mass is 10.1. The number of likely N-dealkylation sites (tertiary alicyclic amines) is 1. The molecular weight excluding hydrogens is 447 g/mol. The Morgan fingerprint density at radius 2 is 1.93 bits per heavy atom. The van der Waals surface area contributed by atoms with E-state index < -0.39 is 0 Å². The Kier molecular flexibility index (Phi) is 9.07. The quantitative estimate of drug-likeness (QED) is 0.357. The zero-order chi connectivity index (χ0) is 18.2. The van der Waals surface area contributed by atoms with Crippen molar-refractivity contribution in [2.75, 3.05) is 31.5 Å². The third-order valence-corrected chi connectivity index (χ3v) is 5.06. The second-order valence-corrected chi connectivity index (χ2v) is 7.10. The van der Waals surface area contributed by atoms with Gasteiger partial charge in [0.15, 0.2) is 5.96 Å². The molecule has 146 valence electrons. The molecule has 0 aliphatic carbocycles. The van der Waals surface area contributed by atoms with Gasteiger partial charge in [-0.1, -0.05) is 49.4 Å². The normalized spacial score (nSPS) is 17.5. The molecular formula is C22H31IN4. The summed E-state index contributed by atoms with van der Waals surface area (Å²) in [5.41, 5.74) is 9.80. The molecule has 2 aromatic carbocycles. The largest absolute Gasteiger partial charge is 0.370 e. The van der Waals surface area contributed by atoms with E-state index in [-0.39, 0.29) is 24.0 Å². The Morgan fingerprint density at radius 3 is 2.70 bits per heavy atom. The molecule has 0 spiro atoms. The van der Waals surface area contributed by atoms with E-state index in [4.69, 9.17) is 5.73 Å². The Balaban J connectivity index is 0.00000261. The monoisotopic (exact) mass is 478 g/mol. The molecule has 5 heteroatoms. The zero-order valence-corrected chi connectivity index (χ0v) is 18.4. The van der Waals surface area contributed by atoms with E-state index in [9.17, 15) is 0 Å². The summed E-state index contributed by atoms with van der Waals surface area (Å²) in [5, 5.41) is 3.21. The number of halogens is 1. The Morgan fingerprint density at radius 1 is 1.15 bits per heavy atom. The molecule has 1 fully saturated rings. The van der Waals surface area contributed by atoms with Crippen LogP contribution in [0.1, 0.15) is 24.5 Å². The first kappa shape index (κ1) is 21.7. The van der Waals surface area contributed by atoms with Gasteiger partial charge in [0.05, 0.1) is 0 Å². The topological polar surface area (TPSA) is 53.6 Å². The molecule has 0 amide bonds. The summed E-state index contributed by atoms with van der Waals surface area (Å²) in [6.07, 6.45) is 3.35. The van der Waals surface area contributed by atoms with E-state index >= 15 is 0 Å². The lowest BCUT2D eigenvalue weighted by molar-refractivity contribution is 0.330. The van der Waals surface area contributed by atoms with Gasteiger partial charge < -0.3 is 16.0 Å². The molecule has 0 aromatic heterocycles. The highest BCUT2D eigenvalue weighted by molar-refractivity contribution is 14.0. The number of rotatable bonds is 7. The van der Waals surface area contributed by atoms with E-state index in [1.165, 1.54) is 24.1 Å². The lowest BCUT2D eigenvalue weighted by Crippen LogP contribution is -2.26. The van der Waals surface area contributed by atoms with E-state index in [1.807, 2.05) is 6.07 Å². The molecule has 0 radical (unpaired) electrons. The van der Waals surface area contributed by atoms with Crippen molar-refractivity contribution in [3.63, 3.8) is 0 Å². The molecule has 4 nitrogen and oxygen atoms in total. The molecule has 1 heterocycles. The number of nitrogens with zero attached hydrogens (tertiary/aromatic N) is 2.